The molecule has 2 aromatic carbocycles. The summed E-state index contributed by atoms with van der Waals surface area (Å²) in [6.07, 6.45) is 3.55. The molecule has 0 saturated heterocycles. The van der Waals surface area contributed by atoms with Crippen LogP contribution in [0.2, 0.25) is 0 Å². The van der Waals surface area contributed by atoms with Gasteiger partial charge in [-0.2, -0.15) is 0 Å². The van der Waals surface area contributed by atoms with Gasteiger partial charge in [0.15, 0.2) is 0 Å². The summed E-state index contributed by atoms with van der Waals surface area (Å²) in [5, 5.41) is 14.3. The van der Waals surface area contributed by atoms with Crippen molar-refractivity contribution in [2.75, 3.05) is 0 Å². The summed E-state index contributed by atoms with van der Waals surface area (Å²) in [6.45, 7) is 7.93. The second-order valence-corrected chi connectivity index (χ2v) is 8.21. The highest BCUT2D eigenvalue weighted by molar-refractivity contribution is 6.07. The molecule has 0 amide bonds. The standard InChI is InChI=1S/C24H24N3O/c1-23(2)24(3,4)27(28)22(26-23)21-16-19(17-12-14-25-15-13-17)10-11-20(21)18-8-6-5-7-9-18/h5-16H,1-4H3/q-1. The highest BCUT2D eigenvalue weighted by atomic mass is 16.5. The summed E-state index contributed by atoms with van der Waals surface area (Å²) < 4.78 is 0. The molecule has 3 aromatic rings. The number of pyridine rings is 1. The Morgan fingerprint density at radius 2 is 1.43 bits per heavy atom. The van der Waals surface area contributed by atoms with Crippen LogP contribution >= 0.6 is 0 Å². The first kappa shape index (κ1) is 18.4. The van der Waals surface area contributed by atoms with Crippen molar-refractivity contribution in [1.82, 2.24) is 10.0 Å². The van der Waals surface area contributed by atoms with E-state index in [1.165, 1.54) is 0 Å². The Kier molecular flexibility index (Phi) is 4.31. The minimum atomic E-state index is -0.622. The number of aliphatic imine (C=N–C) groups is 1. The molecule has 0 saturated carbocycles. The zero-order valence-electron chi connectivity index (χ0n) is 16.7. The van der Waals surface area contributed by atoms with E-state index in [2.05, 4.69) is 35.3 Å². The van der Waals surface area contributed by atoms with Gasteiger partial charge in [0.25, 0.3) is 0 Å². The van der Waals surface area contributed by atoms with Crippen LogP contribution in [0, 0.1) is 5.21 Å². The third-order valence-corrected chi connectivity index (χ3v) is 5.94. The molecule has 0 aliphatic carbocycles. The van der Waals surface area contributed by atoms with E-state index in [1.807, 2.05) is 58.0 Å². The molecule has 0 radical (unpaired) electrons. The van der Waals surface area contributed by atoms with Crippen LogP contribution in [0.3, 0.4) is 0 Å². The Bertz CT molecular complexity index is 1020. The highest BCUT2D eigenvalue weighted by Gasteiger charge is 2.45. The van der Waals surface area contributed by atoms with Crippen molar-refractivity contribution in [2.45, 2.75) is 38.8 Å². The van der Waals surface area contributed by atoms with Crippen molar-refractivity contribution in [1.29, 1.82) is 0 Å². The van der Waals surface area contributed by atoms with Crippen LogP contribution < -0.4 is 0 Å². The molecule has 4 heteroatoms. The lowest BCUT2D eigenvalue weighted by Crippen LogP contribution is -2.50. The van der Waals surface area contributed by atoms with Crippen molar-refractivity contribution < 1.29 is 0 Å². The van der Waals surface area contributed by atoms with Crippen molar-refractivity contribution in [3.8, 4) is 22.3 Å². The lowest BCUT2D eigenvalue weighted by atomic mass is 9.84. The van der Waals surface area contributed by atoms with Crippen molar-refractivity contribution in [3.05, 3.63) is 83.8 Å². The van der Waals surface area contributed by atoms with Gasteiger partial charge in [0.2, 0.25) is 0 Å². The first-order chi connectivity index (χ1) is 13.3. The first-order valence-electron chi connectivity index (χ1n) is 9.49. The van der Waals surface area contributed by atoms with Crippen molar-refractivity contribution in [2.24, 2.45) is 4.99 Å². The van der Waals surface area contributed by atoms with Gasteiger partial charge in [0.1, 0.15) is 5.84 Å². The lowest BCUT2D eigenvalue weighted by Gasteiger charge is -2.46. The van der Waals surface area contributed by atoms with E-state index in [0.29, 0.717) is 5.84 Å². The monoisotopic (exact) mass is 370 g/mol. The lowest BCUT2D eigenvalue weighted by molar-refractivity contribution is 0.205. The number of rotatable bonds is 3. The zero-order chi connectivity index (χ0) is 19.9. The molecule has 4 rings (SSSR count). The number of aromatic nitrogens is 1. The molecule has 1 aromatic heterocycles. The van der Waals surface area contributed by atoms with Crippen LogP contribution in [-0.4, -0.2) is 27.0 Å². The average molecular weight is 370 g/mol. The largest absolute Gasteiger partial charge is 0.757 e. The molecule has 28 heavy (non-hydrogen) atoms. The van der Waals surface area contributed by atoms with E-state index in [4.69, 9.17) is 4.99 Å². The van der Waals surface area contributed by atoms with E-state index >= 15 is 0 Å². The molecule has 0 N–H and O–H groups in total. The molecule has 0 atom stereocenters. The fraction of sp³-hybridized carbons (Fsp3) is 0.250. The quantitative estimate of drug-likeness (QED) is 0.609. The molecule has 2 heterocycles. The molecule has 0 unspecified atom stereocenters. The molecule has 1 aliphatic heterocycles. The van der Waals surface area contributed by atoms with Gasteiger partial charge in [-0.15, -0.1) is 0 Å². The van der Waals surface area contributed by atoms with E-state index in [9.17, 15) is 5.21 Å². The third-order valence-electron chi connectivity index (χ3n) is 5.94. The van der Waals surface area contributed by atoms with Crippen LogP contribution in [0.25, 0.3) is 22.3 Å². The van der Waals surface area contributed by atoms with E-state index in [0.717, 1.165) is 32.9 Å². The van der Waals surface area contributed by atoms with Crippen LogP contribution in [-0.2, 0) is 0 Å². The first-order valence-corrected chi connectivity index (χ1v) is 9.49. The Morgan fingerprint density at radius 3 is 2.04 bits per heavy atom. The number of nitrogens with zero attached hydrogens (tertiary/aromatic N) is 3. The van der Waals surface area contributed by atoms with E-state index in [1.54, 1.807) is 12.4 Å². The SMILES string of the molecule is CC1(C)N=C(c2cc(-c3ccncc3)ccc2-c2ccccc2)N([O-])C1(C)C. The number of hydrogen-bond donors (Lipinski definition) is 0. The summed E-state index contributed by atoms with van der Waals surface area (Å²) in [4.78, 5) is 8.97. The summed E-state index contributed by atoms with van der Waals surface area (Å²) in [5.74, 6) is 0.491. The third kappa shape index (κ3) is 2.90. The van der Waals surface area contributed by atoms with Gasteiger partial charge in [-0.05, 0) is 68.1 Å². The average Bonchev–Trinajstić information content (AvgIpc) is 2.88. The highest BCUT2D eigenvalue weighted by Crippen LogP contribution is 2.41. The maximum absolute atomic E-state index is 13.3. The normalized spacial score (nSPS) is 17.5. The second kappa shape index (κ2) is 6.57. The molecule has 0 bridgehead atoms. The molecule has 1 aliphatic rings. The summed E-state index contributed by atoms with van der Waals surface area (Å²) in [6, 6.07) is 20.3. The topological polar surface area (TPSA) is 51.5 Å². The van der Waals surface area contributed by atoms with Gasteiger partial charge >= 0.3 is 0 Å². The van der Waals surface area contributed by atoms with Gasteiger partial charge in [0.05, 0.1) is 5.54 Å². The van der Waals surface area contributed by atoms with Gasteiger partial charge in [-0.1, -0.05) is 42.5 Å². The molecule has 4 nitrogen and oxygen atoms in total. The maximum atomic E-state index is 13.3. The smallest absolute Gasteiger partial charge is 0.121 e. The Labute approximate surface area is 166 Å². The van der Waals surface area contributed by atoms with Crippen LogP contribution in [0.1, 0.15) is 33.3 Å². The summed E-state index contributed by atoms with van der Waals surface area (Å²) in [7, 11) is 0. The van der Waals surface area contributed by atoms with Gasteiger partial charge in [-0.25, -0.2) is 0 Å². The Balaban J connectivity index is 1.93. The fourth-order valence-corrected chi connectivity index (χ4v) is 3.45. The number of hydroxylamine groups is 2. The minimum Gasteiger partial charge on any atom is -0.757 e. The predicted octanol–water partition coefficient (Wildman–Crippen LogP) is 5.53. The zero-order valence-corrected chi connectivity index (χ0v) is 16.7. The minimum absolute atomic E-state index is 0.481. The fourth-order valence-electron chi connectivity index (χ4n) is 3.45. The number of hydrogen-bond acceptors (Lipinski definition) is 4. The van der Waals surface area contributed by atoms with Gasteiger partial charge in [-0.3, -0.25) is 9.98 Å². The predicted molar refractivity (Wildman–Crippen MR) is 115 cm³/mol. The van der Waals surface area contributed by atoms with Crippen LogP contribution in [0.15, 0.2) is 78.0 Å². The number of amidine groups is 1. The van der Waals surface area contributed by atoms with Crippen LogP contribution in [0.4, 0.5) is 0 Å². The van der Waals surface area contributed by atoms with Gasteiger partial charge < -0.3 is 10.3 Å². The second-order valence-electron chi connectivity index (χ2n) is 8.21. The summed E-state index contributed by atoms with van der Waals surface area (Å²) in [5.41, 5.74) is 3.92. The van der Waals surface area contributed by atoms with Crippen molar-refractivity contribution >= 4 is 5.84 Å². The van der Waals surface area contributed by atoms with Gasteiger partial charge in [0, 0.05) is 23.5 Å². The maximum Gasteiger partial charge on any atom is 0.121 e. The molecular weight excluding hydrogens is 346 g/mol. The van der Waals surface area contributed by atoms with Crippen molar-refractivity contribution in [3.63, 3.8) is 0 Å². The van der Waals surface area contributed by atoms with E-state index in [-0.39, 0.29) is 0 Å². The molecular formula is C24H24N3O-. The number of benzene rings is 2. The summed E-state index contributed by atoms with van der Waals surface area (Å²) >= 11 is 0. The van der Waals surface area contributed by atoms with E-state index < -0.39 is 11.1 Å². The molecule has 0 spiro atoms. The molecule has 0 fully saturated rings. The van der Waals surface area contributed by atoms with Crippen LogP contribution in [0.5, 0.6) is 0 Å². The Hall–Kier alpha value is -2.98. The Morgan fingerprint density at radius 1 is 0.750 bits per heavy atom. The molecule has 142 valence electrons.